The van der Waals surface area contributed by atoms with Gasteiger partial charge < -0.3 is 29.8 Å². The van der Waals surface area contributed by atoms with E-state index in [-0.39, 0.29) is 43.3 Å². The van der Waals surface area contributed by atoms with Crippen molar-refractivity contribution in [2.75, 3.05) is 6.54 Å². The van der Waals surface area contributed by atoms with Crippen LogP contribution in [0.1, 0.15) is 71.1 Å². The number of amides is 3. The van der Waals surface area contributed by atoms with Gasteiger partial charge in [-0.05, 0) is 60.4 Å². The number of unbranched alkanes of at least 4 members (excludes halogenated alkanes) is 2. The normalized spacial score (nSPS) is 16.0. The molecule has 1 spiro atoms. The van der Waals surface area contributed by atoms with Crippen molar-refractivity contribution < 1.29 is 43.7 Å². The molecule has 0 unspecified atom stereocenters. The first-order valence-corrected chi connectivity index (χ1v) is 13.7. The van der Waals surface area contributed by atoms with Crippen LogP contribution in [0.25, 0.3) is 0 Å². The van der Waals surface area contributed by atoms with Crippen LogP contribution >= 0.6 is 0 Å². The maximum absolute atomic E-state index is 12.9. The summed E-state index contributed by atoms with van der Waals surface area (Å²) in [6.07, 6.45) is 1.93. The third kappa shape index (κ3) is 4.81. The molecule has 0 bridgehead atoms. The van der Waals surface area contributed by atoms with Crippen LogP contribution in [0.3, 0.4) is 0 Å². The Bertz CT molecular complexity index is 1550. The number of carbonyl (C=O) groups excluding carboxylic acids is 4. The molecule has 6 rings (SSSR count). The Hall–Kier alpha value is -4.90. The van der Waals surface area contributed by atoms with E-state index in [1.807, 2.05) is 6.07 Å². The highest BCUT2D eigenvalue weighted by Crippen LogP contribution is 2.57. The van der Waals surface area contributed by atoms with Gasteiger partial charge in [-0.25, -0.2) is 4.79 Å². The van der Waals surface area contributed by atoms with Gasteiger partial charge in [-0.3, -0.25) is 14.4 Å². The average Bonchev–Trinajstić information content (AvgIpc) is 3.49. The molecule has 1 fully saturated rings. The monoisotopic (exact) mass is 572 g/mol. The quantitative estimate of drug-likeness (QED) is 0.269. The topological polar surface area (TPSA) is 152 Å². The number of hydrogen-bond donors (Lipinski definition) is 3. The van der Waals surface area contributed by atoms with Gasteiger partial charge in [-0.15, -0.1) is 5.06 Å². The maximum atomic E-state index is 12.9. The van der Waals surface area contributed by atoms with Crippen LogP contribution in [-0.2, 0) is 36.2 Å². The summed E-state index contributed by atoms with van der Waals surface area (Å²) in [4.78, 5) is 52.7. The minimum Gasteiger partial charge on any atom is -0.508 e. The Morgan fingerprint density at radius 1 is 0.857 bits per heavy atom. The van der Waals surface area contributed by atoms with E-state index >= 15 is 0 Å². The summed E-state index contributed by atoms with van der Waals surface area (Å²) in [5.74, 6) is -1.00. The van der Waals surface area contributed by atoms with Gasteiger partial charge in [-0.1, -0.05) is 12.5 Å². The molecule has 1 saturated heterocycles. The number of rotatable bonds is 8. The molecule has 0 saturated carbocycles. The van der Waals surface area contributed by atoms with Crippen molar-refractivity contribution in [3.8, 4) is 23.0 Å². The van der Waals surface area contributed by atoms with Crippen LogP contribution in [0.2, 0.25) is 0 Å². The minimum atomic E-state index is -1.04. The first kappa shape index (κ1) is 27.3. The highest BCUT2D eigenvalue weighted by Gasteiger charge is 2.49. The van der Waals surface area contributed by atoms with Crippen molar-refractivity contribution in [2.45, 2.75) is 50.7 Å². The van der Waals surface area contributed by atoms with E-state index in [2.05, 4.69) is 5.32 Å². The molecular formula is C31H28N2O9. The number of hydroxylamine groups is 2. The molecule has 0 aliphatic carbocycles. The predicted octanol–water partition coefficient (Wildman–Crippen LogP) is 3.92. The number of ether oxygens (including phenoxy) is 2. The van der Waals surface area contributed by atoms with E-state index < -0.39 is 23.4 Å². The van der Waals surface area contributed by atoms with Gasteiger partial charge in [0, 0.05) is 54.6 Å². The number of hydrogen-bond acceptors (Lipinski definition) is 9. The summed E-state index contributed by atoms with van der Waals surface area (Å²) in [7, 11) is 0. The van der Waals surface area contributed by atoms with Crippen molar-refractivity contribution in [3.63, 3.8) is 0 Å². The van der Waals surface area contributed by atoms with E-state index in [1.165, 1.54) is 12.1 Å². The van der Waals surface area contributed by atoms with Gasteiger partial charge in [0.15, 0.2) is 5.60 Å². The molecule has 3 aliphatic rings. The van der Waals surface area contributed by atoms with E-state index in [9.17, 15) is 29.4 Å². The predicted molar refractivity (Wildman–Crippen MR) is 145 cm³/mol. The van der Waals surface area contributed by atoms with Gasteiger partial charge in [-0.2, -0.15) is 0 Å². The molecule has 42 heavy (non-hydrogen) atoms. The molecule has 3 aromatic rings. The van der Waals surface area contributed by atoms with Crippen LogP contribution in [0.4, 0.5) is 0 Å². The Morgan fingerprint density at radius 2 is 1.50 bits per heavy atom. The summed E-state index contributed by atoms with van der Waals surface area (Å²) in [5, 5.41) is 23.6. The number of phenolic OH excluding ortho intramolecular Hbond substituents is 2. The first-order valence-electron chi connectivity index (χ1n) is 13.7. The van der Waals surface area contributed by atoms with Crippen molar-refractivity contribution >= 4 is 23.7 Å². The standard InChI is InChI=1S/C31H28N2O9/c34-20-6-9-23-25(15-20)41-26-16-21(35)7-10-24(26)31(23)22-8-5-18(14-19(22)17-40-31)30(39)32-13-3-1-2-4-29(38)42-33-27(36)11-12-28(33)37/h5-10,14-16,34-35H,1-4,11-13,17H2,(H,32,39). The molecule has 11 nitrogen and oxygen atoms in total. The van der Waals surface area contributed by atoms with Gasteiger partial charge in [0.1, 0.15) is 23.0 Å². The fourth-order valence-electron chi connectivity index (χ4n) is 5.62. The Labute approximate surface area is 240 Å². The molecule has 3 amide bonds. The number of fused-ring (bicyclic) bond motifs is 6. The summed E-state index contributed by atoms with van der Waals surface area (Å²) in [5.41, 5.74) is 2.52. The average molecular weight is 573 g/mol. The number of nitrogens with one attached hydrogen (secondary N) is 1. The van der Waals surface area contributed by atoms with Crippen molar-refractivity contribution in [2.24, 2.45) is 0 Å². The second-order valence-electron chi connectivity index (χ2n) is 10.4. The van der Waals surface area contributed by atoms with Gasteiger partial charge in [0.05, 0.1) is 6.61 Å². The van der Waals surface area contributed by atoms with Crippen LogP contribution < -0.4 is 10.1 Å². The number of imide groups is 1. The Kier molecular flexibility index (Phi) is 7.03. The molecule has 3 aromatic carbocycles. The molecule has 3 N–H and O–H groups in total. The summed E-state index contributed by atoms with van der Waals surface area (Å²) >= 11 is 0. The lowest BCUT2D eigenvalue weighted by Crippen LogP contribution is -2.32. The van der Waals surface area contributed by atoms with Crippen LogP contribution in [-0.4, -0.2) is 45.5 Å². The van der Waals surface area contributed by atoms with Crippen molar-refractivity contribution in [3.05, 3.63) is 82.4 Å². The number of benzene rings is 3. The molecular weight excluding hydrogens is 544 g/mol. The largest absolute Gasteiger partial charge is 0.508 e. The third-order valence-electron chi connectivity index (χ3n) is 7.64. The van der Waals surface area contributed by atoms with E-state index in [4.69, 9.17) is 14.3 Å². The van der Waals surface area contributed by atoms with Gasteiger partial charge in [0.25, 0.3) is 17.7 Å². The Balaban J connectivity index is 1.08. The molecule has 216 valence electrons. The number of aromatic hydroxyl groups is 2. The van der Waals surface area contributed by atoms with E-state index in [0.29, 0.717) is 59.1 Å². The molecule has 0 aromatic heterocycles. The van der Waals surface area contributed by atoms with Crippen LogP contribution in [0.5, 0.6) is 23.0 Å². The summed E-state index contributed by atoms with van der Waals surface area (Å²) in [6.45, 7) is 0.640. The SMILES string of the molecule is O=C(CCCCCNC(=O)c1ccc2c(c1)COC21c2ccc(O)cc2Oc2cc(O)ccc21)ON1C(=O)CCC1=O. The zero-order chi connectivity index (χ0) is 29.4. The fraction of sp³-hybridized carbons (Fsp3) is 0.290. The highest BCUT2D eigenvalue weighted by atomic mass is 16.7. The van der Waals surface area contributed by atoms with Crippen molar-refractivity contribution in [1.82, 2.24) is 10.4 Å². The zero-order valence-electron chi connectivity index (χ0n) is 22.6. The zero-order valence-corrected chi connectivity index (χ0v) is 22.6. The second-order valence-corrected chi connectivity index (χ2v) is 10.4. The smallest absolute Gasteiger partial charge is 0.333 e. The molecule has 3 aliphatic heterocycles. The van der Waals surface area contributed by atoms with Crippen LogP contribution in [0.15, 0.2) is 54.6 Å². The Morgan fingerprint density at radius 3 is 2.17 bits per heavy atom. The number of phenols is 2. The van der Waals surface area contributed by atoms with Crippen molar-refractivity contribution in [1.29, 1.82) is 0 Å². The van der Waals surface area contributed by atoms with E-state index in [0.717, 1.165) is 11.1 Å². The van der Waals surface area contributed by atoms with Crippen LogP contribution in [0, 0.1) is 0 Å². The molecule has 3 heterocycles. The fourth-order valence-corrected chi connectivity index (χ4v) is 5.62. The lowest BCUT2D eigenvalue weighted by molar-refractivity contribution is -0.197. The maximum Gasteiger partial charge on any atom is 0.333 e. The number of nitrogens with zero attached hydrogens (tertiary/aromatic N) is 1. The minimum absolute atomic E-state index is 0.0349. The molecule has 0 atom stereocenters. The third-order valence-corrected chi connectivity index (χ3v) is 7.64. The lowest BCUT2D eigenvalue weighted by atomic mass is 9.77. The van der Waals surface area contributed by atoms with Gasteiger partial charge >= 0.3 is 5.97 Å². The molecule has 0 radical (unpaired) electrons. The summed E-state index contributed by atoms with van der Waals surface area (Å²) in [6, 6.07) is 15.0. The first-order chi connectivity index (χ1) is 20.3. The van der Waals surface area contributed by atoms with E-state index in [1.54, 1.807) is 36.4 Å². The highest BCUT2D eigenvalue weighted by molar-refractivity contribution is 6.01. The lowest BCUT2D eigenvalue weighted by Gasteiger charge is -2.37. The number of carbonyl (C=O) groups is 4. The van der Waals surface area contributed by atoms with Gasteiger partial charge in [0.2, 0.25) is 0 Å². The summed E-state index contributed by atoms with van der Waals surface area (Å²) < 4.78 is 12.5. The molecule has 11 heteroatoms. The second kappa shape index (κ2) is 10.8.